The molecular weight excluding hydrogens is 172 g/mol. The van der Waals surface area contributed by atoms with Crippen molar-refractivity contribution >= 4 is 5.69 Å². The molecule has 1 aromatic heterocycles. The van der Waals surface area contributed by atoms with Gasteiger partial charge < -0.3 is 5.32 Å². The molecule has 0 amide bonds. The van der Waals surface area contributed by atoms with Crippen molar-refractivity contribution < 1.29 is 0 Å². The second kappa shape index (κ2) is 3.99. The second-order valence-corrected chi connectivity index (χ2v) is 4.36. The Morgan fingerprint density at radius 3 is 3.00 bits per heavy atom. The number of anilines is 1. The minimum atomic E-state index is 0.574. The fraction of sp³-hybridized carbons (Fsp3) is 0.583. The van der Waals surface area contributed by atoms with Gasteiger partial charge in [-0.3, -0.25) is 4.98 Å². The van der Waals surface area contributed by atoms with E-state index in [-0.39, 0.29) is 0 Å². The summed E-state index contributed by atoms with van der Waals surface area (Å²) in [4.78, 5) is 4.26. The van der Waals surface area contributed by atoms with Crippen molar-refractivity contribution in [2.45, 2.75) is 39.2 Å². The first-order valence-corrected chi connectivity index (χ1v) is 5.44. The molecule has 1 atom stereocenters. The number of rotatable bonds is 4. The number of hydrogen-bond donors (Lipinski definition) is 1. The Bertz CT molecular complexity index is 305. The third-order valence-electron chi connectivity index (χ3n) is 2.79. The first-order chi connectivity index (χ1) is 6.75. The highest BCUT2D eigenvalue weighted by Gasteiger charge is 2.23. The van der Waals surface area contributed by atoms with Gasteiger partial charge in [-0.05, 0) is 38.3 Å². The normalized spacial score (nSPS) is 17.9. The summed E-state index contributed by atoms with van der Waals surface area (Å²) in [6.07, 6.45) is 6.00. The van der Waals surface area contributed by atoms with Crippen molar-refractivity contribution in [1.82, 2.24) is 4.98 Å². The van der Waals surface area contributed by atoms with Gasteiger partial charge in [-0.15, -0.1) is 0 Å². The van der Waals surface area contributed by atoms with Gasteiger partial charge in [0.25, 0.3) is 0 Å². The predicted molar refractivity (Wildman–Crippen MR) is 59.4 cm³/mol. The minimum Gasteiger partial charge on any atom is -0.381 e. The van der Waals surface area contributed by atoms with Crippen molar-refractivity contribution in [3.63, 3.8) is 0 Å². The van der Waals surface area contributed by atoms with Crippen LogP contribution in [0.2, 0.25) is 0 Å². The van der Waals surface area contributed by atoms with E-state index in [9.17, 15) is 0 Å². The van der Waals surface area contributed by atoms with Gasteiger partial charge in [0.2, 0.25) is 0 Å². The molecule has 2 rings (SSSR count). The van der Waals surface area contributed by atoms with Gasteiger partial charge in [0.1, 0.15) is 0 Å². The second-order valence-electron chi connectivity index (χ2n) is 4.36. The highest BCUT2D eigenvalue weighted by Crippen LogP contribution is 2.34. The maximum absolute atomic E-state index is 4.26. The molecule has 1 aliphatic carbocycles. The summed E-state index contributed by atoms with van der Waals surface area (Å²) in [5.74, 6) is 0.981. The molecule has 1 fully saturated rings. The van der Waals surface area contributed by atoms with Crippen LogP contribution in [-0.4, -0.2) is 11.0 Å². The number of aryl methyl sites for hydroxylation is 1. The van der Waals surface area contributed by atoms with Crippen LogP contribution in [0.4, 0.5) is 5.69 Å². The molecule has 0 bridgehead atoms. The molecule has 14 heavy (non-hydrogen) atoms. The zero-order valence-corrected chi connectivity index (χ0v) is 8.96. The van der Waals surface area contributed by atoms with Gasteiger partial charge in [-0.1, -0.05) is 12.8 Å². The largest absolute Gasteiger partial charge is 0.381 e. The van der Waals surface area contributed by atoms with Crippen LogP contribution in [0.15, 0.2) is 18.3 Å². The molecular formula is C12H18N2. The van der Waals surface area contributed by atoms with Gasteiger partial charge in [0, 0.05) is 12.2 Å². The van der Waals surface area contributed by atoms with E-state index in [2.05, 4.69) is 23.3 Å². The monoisotopic (exact) mass is 190 g/mol. The van der Waals surface area contributed by atoms with Crippen LogP contribution in [0.5, 0.6) is 0 Å². The van der Waals surface area contributed by atoms with Gasteiger partial charge in [0.05, 0.1) is 11.4 Å². The standard InChI is InChI=1S/C12H18N2/c1-9(8-11-5-6-11)14-12-4-3-7-13-10(12)2/h3-4,7,9,11,14H,5-6,8H2,1-2H3. The van der Waals surface area contributed by atoms with E-state index in [1.807, 2.05) is 19.2 Å². The molecule has 1 heterocycles. The van der Waals surface area contributed by atoms with Gasteiger partial charge >= 0.3 is 0 Å². The zero-order valence-electron chi connectivity index (χ0n) is 8.96. The highest BCUT2D eigenvalue weighted by molar-refractivity contribution is 5.47. The molecule has 0 saturated heterocycles. The predicted octanol–water partition coefficient (Wildman–Crippen LogP) is 2.99. The lowest BCUT2D eigenvalue weighted by Gasteiger charge is -2.15. The molecule has 1 aliphatic rings. The average molecular weight is 190 g/mol. The fourth-order valence-corrected chi connectivity index (χ4v) is 1.81. The Balaban J connectivity index is 1.91. The molecule has 2 nitrogen and oxygen atoms in total. The highest BCUT2D eigenvalue weighted by atomic mass is 14.9. The fourth-order valence-electron chi connectivity index (χ4n) is 1.81. The third-order valence-corrected chi connectivity index (χ3v) is 2.79. The van der Waals surface area contributed by atoms with E-state index < -0.39 is 0 Å². The maximum atomic E-state index is 4.26. The first kappa shape index (κ1) is 9.50. The van der Waals surface area contributed by atoms with Gasteiger partial charge in [0.15, 0.2) is 0 Å². The summed E-state index contributed by atoms with van der Waals surface area (Å²) in [6, 6.07) is 4.66. The molecule has 1 saturated carbocycles. The molecule has 1 N–H and O–H groups in total. The zero-order chi connectivity index (χ0) is 9.97. The number of nitrogens with zero attached hydrogens (tertiary/aromatic N) is 1. The van der Waals surface area contributed by atoms with E-state index in [0.717, 1.165) is 11.6 Å². The topological polar surface area (TPSA) is 24.9 Å². The van der Waals surface area contributed by atoms with Crippen LogP contribution < -0.4 is 5.32 Å². The summed E-state index contributed by atoms with van der Waals surface area (Å²) in [5, 5.41) is 3.52. The molecule has 0 radical (unpaired) electrons. The van der Waals surface area contributed by atoms with Crippen LogP contribution in [0, 0.1) is 12.8 Å². The Morgan fingerprint density at radius 2 is 2.36 bits per heavy atom. The van der Waals surface area contributed by atoms with E-state index in [0.29, 0.717) is 6.04 Å². The molecule has 0 aromatic carbocycles. The van der Waals surface area contributed by atoms with E-state index in [1.165, 1.54) is 24.9 Å². The molecule has 2 heteroatoms. The Morgan fingerprint density at radius 1 is 1.57 bits per heavy atom. The van der Waals surface area contributed by atoms with Crippen molar-refractivity contribution in [3.8, 4) is 0 Å². The number of hydrogen-bond acceptors (Lipinski definition) is 2. The van der Waals surface area contributed by atoms with Crippen LogP contribution >= 0.6 is 0 Å². The molecule has 1 unspecified atom stereocenters. The SMILES string of the molecule is Cc1ncccc1NC(C)CC1CC1. The lowest BCUT2D eigenvalue weighted by atomic mass is 10.1. The number of aromatic nitrogens is 1. The quantitative estimate of drug-likeness (QED) is 0.789. The van der Waals surface area contributed by atoms with Crippen LogP contribution in [-0.2, 0) is 0 Å². The lowest BCUT2D eigenvalue weighted by molar-refractivity contribution is 0.641. The van der Waals surface area contributed by atoms with E-state index >= 15 is 0 Å². The first-order valence-electron chi connectivity index (χ1n) is 5.44. The Labute approximate surface area is 85.7 Å². The third kappa shape index (κ3) is 2.47. The van der Waals surface area contributed by atoms with Crippen LogP contribution in [0.1, 0.15) is 31.9 Å². The van der Waals surface area contributed by atoms with E-state index in [1.54, 1.807) is 0 Å². The molecule has 1 aromatic rings. The summed E-state index contributed by atoms with van der Waals surface area (Å²) in [5.41, 5.74) is 2.27. The van der Waals surface area contributed by atoms with E-state index in [4.69, 9.17) is 0 Å². The average Bonchev–Trinajstić information content (AvgIpc) is 2.93. The Kier molecular flexibility index (Phi) is 2.71. The summed E-state index contributed by atoms with van der Waals surface area (Å²) in [6.45, 7) is 4.30. The lowest BCUT2D eigenvalue weighted by Crippen LogP contribution is -2.16. The maximum Gasteiger partial charge on any atom is 0.0603 e. The molecule has 0 aliphatic heterocycles. The molecule has 76 valence electrons. The number of pyridine rings is 1. The van der Waals surface area contributed by atoms with Crippen molar-refractivity contribution in [1.29, 1.82) is 0 Å². The smallest absolute Gasteiger partial charge is 0.0603 e. The van der Waals surface area contributed by atoms with Crippen molar-refractivity contribution in [3.05, 3.63) is 24.0 Å². The van der Waals surface area contributed by atoms with Gasteiger partial charge in [-0.25, -0.2) is 0 Å². The van der Waals surface area contributed by atoms with Crippen molar-refractivity contribution in [2.75, 3.05) is 5.32 Å². The summed E-state index contributed by atoms with van der Waals surface area (Å²) in [7, 11) is 0. The summed E-state index contributed by atoms with van der Waals surface area (Å²) >= 11 is 0. The van der Waals surface area contributed by atoms with Crippen molar-refractivity contribution in [2.24, 2.45) is 5.92 Å². The minimum absolute atomic E-state index is 0.574. The molecule has 0 spiro atoms. The van der Waals surface area contributed by atoms with Gasteiger partial charge in [-0.2, -0.15) is 0 Å². The Hall–Kier alpha value is -1.05. The number of nitrogens with one attached hydrogen (secondary N) is 1. The van der Waals surface area contributed by atoms with Crippen LogP contribution in [0.25, 0.3) is 0 Å². The summed E-state index contributed by atoms with van der Waals surface area (Å²) < 4.78 is 0. The van der Waals surface area contributed by atoms with Crippen LogP contribution in [0.3, 0.4) is 0 Å².